The van der Waals surface area contributed by atoms with Crippen molar-refractivity contribution >= 4 is 13.4 Å². The Hall–Kier alpha value is -0.893. The van der Waals surface area contributed by atoms with Gasteiger partial charge in [-0.1, -0.05) is 49.5 Å². The summed E-state index contributed by atoms with van der Waals surface area (Å²) >= 11 is 0. The van der Waals surface area contributed by atoms with Crippen molar-refractivity contribution in [1.29, 1.82) is 5.41 Å². The Morgan fingerprint density at radius 1 is 1.08 bits per heavy atom. The van der Waals surface area contributed by atoms with E-state index >= 15 is 0 Å². The molecule has 13 heavy (non-hydrogen) atoms. The van der Waals surface area contributed by atoms with Crippen LogP contribution in [-0.2, 0) is 0 Å². The van der Waals surface area contributed by atoms with Gasteiger partial charge in [0.05, 0.1) is 0 Å². The third-order valence-electron chi connectivity index (χ3n) is 2.09. The molecule has 0 heterocycles. The normalized spacial score (nSPS) is 11.4. The predicted molar refractivity (Wildman–Crippen MR) is 61.4 cm³/mol. The van der Waals surface area contributed by atoms with Crippen LogP contribution >= 0.6 is 0 Å². The summed E-state index contributed by atoms with van der Waals surface area (Å²) in [4.78, 5) is 0. The molecular formula is C11H17NSi. The van der Waals surface area contributed by atoms with Crippen molar-refractivity contribution < 1.29 is 0 Å². The fraction of sp³-hybridized carbons (Fsp3) is 0.364. The van der Waals surface area contributed by atoms with Crippen LogP contribution < -0.4 is 0 Å². The van der Waals surface area contributed by atoms with Crippen LogP contribution in [0.5, 0.6) is 0 Å². The Balaban J connectivity index is 2.97. The van der Waals surface area contributed by atoms with Crippen molar-refractivity contribution in [3.05, 3.63) is 35.4 Å². The van der Waals surface area contributed by atoms with E-state index in [0.717, 1.165) is 10.9 Å². The summed E-state index contributed by atoms with van der Waals surface area (Å²) in [6.07, 6.45) is 0. The summed E-state index contributed by atoms with van der Waals surface area (Å²) in [5, 5.41) is 8.85. The van der Waals surface area contributed by atoms with Crippen LogP contribution in [0.15, 0.2) is 24.3 Å². The molecule has 0 amide bonds. The molecule has 0 atom stereocenters. The van der Waals surface area contributed by atoms with Gasteiger partial charge >= 0.3 is 0 Å². The minimum atomic E-state index is -1.44. The second-order valence-corrected chi connectivity index (χ2v) is 9.49. The maximum atomic E-state index is 8.01. The molecule has 70 valence electrons. The molecule has 0 saturated heterocycles. The number of benzene rings is 1. The van der Waals surface area contributed by atoms with Crippen molar-refractivity contribution in [3.8, 4) is 0 Å². The van der Waals surface area contributed by atoms with E-state index in [9.17, 15) is 0 Å². The zero-order valence-corrected chi connectivity index (χ0v) is 9.81. The van der Waals surface area contributed by atoms with Crippen LogP contribution in [0.3, 0.4) is 0 Å². The van der Waals surface area contributed by atoms with Crippen LogP contribution in [0.1, 0.15) is 11.1 Å². The van der Waals surface area contributed by atoms with Crippen LogP contribution in [-0.4, -0.2) is 13.4 Å². The van der Waals surface area contributed by atoms with E-state index in [1.54, 1.807) is 0 Å². The first kappa shape index (κ1) is 10.2. The second-order valence-electron chi connectivity index (χ2n) is 4.49. The third-order valence-corrected chi connectivity index (χ3v) is 3.88. The highest BCUT2D eigenvalue weighted by Crippen LogP contribution is 2.12. The highest BCUT2D eigenvalue weighted by atomic mass is 28.3. The zero-order valence-electron chi connectivity index (χ0n) is 8.81. The van der Waals surface area contributed by atoms with Gasteiger partial charge in [0.2, 0.25) is 0 Å². The van der Waals surface area contributed by atoms with Crippen molar-refractivity contribution in [3.63, 3.8) is 0 Å². The molecule has 1 rings (SSSR count). The Kier molecular flexibility index (Phi) is 2.71. The summed E-state index contributed by atoms with van der Waals surface area (Å²) in [6, 6.07) is 8.25. The lowest BCUT2D eigenvalue weighted by atomic mass is 10.2. The number of aryl methyl sites for hydroxylation is 1. The predicted octanol–water partition coefficient (Wildman–Crippen LogP) is 3.24. The first-order valence-electron chi connectivity index (χ1n) is 4.57. The third kappa shape index (κ3) is 2.52. The van der Waals surface area contributed by atoms with Crippen molar-refractivity contribution in [2.75, 3.05) is 0 Å². The minimum Gasteiger partial charge on any atom is -0.310 e. The molecule has 2 heteroatoms. The topological polar surface area (TPSA) is 23.9 Å². The Bertz CT molecular complexity index is 306. The fourth-order valence-electron chi connectivity index (χ4n) is 1.15. The maximum absolute atomic E-state index is 8.01. The molecule has 0 unspecified atom stereocenters. The van der Waals surface area contributed by atoms with Gasteiger partial charge in [0.25, 0.3) is 0 Å². The first-order valence-corrected chi connectivity index (χ1v) is 8.07. The van der Waals surface area contributed by atoms with Gasteiger partial charge in [0.15, 0.2) is 0 Å². The number of rotatable bonds is 2. The molecule has 1 N–H and O–H groups in total. The SMILES string of the molecule is Cc1ccc(C(=N)[Si](C)(C)C)cc1. The molecule has 1 aromatic rings. The molecule has 1 aromatic carbocycles. The Morgan fingerprint density at radius 3 is 1.92 bits per heavy atom. The fourth-order valence-corrected chi connectivity index (χ4v) is 2.19. The minimum absolute atomic E-state index is 0.840. The van der Waals surface area contributed by atoms with Crippen LogP contribution in [0.4, 0.5) is 0 Å². The summed E-state index contributed by atoms with van der Waals surface area (Å²) in [5.41, 5.74) is 2.34. The van der Waals surface area contributed by atoms with Gasteiger partial charge in [-0.15, -0.1) is 0 Å². The number of hydrogen-bond acceptors (Lipinski definition) is 1. The molecule has 0 saturated carbocycles. The van der Waals surface area contributed by atoms with Crippen LogP contribution in [0.25, 0.3) is 0 Å². The van der Waals surface area contributed by atoms with E-state index in [1.165, 1.54) is 5.56 Å². The first-order chi connectivity index (χ1) is 5.91. The van der Waals surface area contributed by atoms with Gasteiger partial charge in [-0.3, -0.25) is 0 Å². The summed E-state index contributed by atoms with van der Waals surface area (Å²) in [5.74, 6) is 0. The van der Waals surface area contributed by atoms with Gasteiger partial charge in [-0.05, 0) is 12.5 Å². The second kappa shape index (κ2) is 3.46. The van der Waals surface area contributed by atoms with Crippen LogP contribution in [0, 0.1) is 12.3 Å². The molecule has 0 fully saturated rings. The van der Waals surface area contributed by atoms with Gasteiger partial charge in [0, 0.05) is 5.33 Å². The quantitative estimate of drug-likeness (QED) is 0.548. The van der Waals surface area contributed by atoms with Crippen molar-refractivity contribution in [1.82, 2.24) is 0 Å². The molecule has 0 radical (unpaired) electrons. The monoisotopic (exact) mass is 191 g/mol. The average molecular weight is 191 g/mol. The van der Waals surface area contributed by atoms with Gasteiger partial charge in [0.1, 0.15) is 8.07 Å². The average Bonchev–Trinajstić information content (AvgIpc) is 2.03. The molecule has 0 spiro atoms. The summed E-state index contributed by atoms with van der Waals surface area (Å²) in [7, 11) is -1.44. The van der Waals surface area contributed by atoms with E-state index in [4.69, 9.17) is 5.41 Å². The van der Waals surface area contributed by atoms with E-state index in [1.807, 2.05) is 0 Å². The van der Waals surface area contributed by atoms with E-state index in [-0.39, 0.29) is 0 Å². The standard InChI is InChI=1S/C11H17NSi/c1-9-5-7-10(8-6-9)11(12)13(2,3)4/h5-8,12H,1-4H3. The van der Waals surface area contributed by atoms with Crippen molar-refractivity contribution in [2.24, 2.45) is 0 Å². The molecule has 0 aliphatic carbocycles. The van der Waals surface area contributed by atoms with E-state index < -0.39 is 8.07 Å². The lowest BCUT2D eigenvalue weighted by molar-refractivity contribution is 1.44. The largest absolute Gasteiger partial charge is 0.310 e. The van der Waals surface area contributed by atoms with Crippen LogP contribution in [0.2, 0.25) is 19.6 Å². The highest BCUT2D eigenvalue weighted by molar-refractivity contribution is 7.06. The lowest BCUT2D eigenvalue weighted by Crippen LogP contribution is -2.33. The van der Waals surface area contributed by atoms with E-state index in [2.05, 4.69) is 50.8 Å². The van der Waals surface area contributed by atoms with Gasteiger partial charge < -0.3 is 5.41 Å². The Labute approximate surface area is 81.3 Å². The zero-order chi connectivity index (χ0) is 10.1. The maximum Gasteiger partial charge on any atom is 0.101 e. The summed E-state index contributed by atoms with van der Waals surface area (Å²) < 4.78 is 0. The molecule has 0 bridgehead atoms. The number of hydrogen-bond donors (Lipinski definition) is 1. The van der Waals surface area contributed by atoms with Gasteiger partial charge in [-0.2, -0.15) is 0 Å². The van der Waals surface area contributed by atoms with E-state index in [0.29, 0.717) is 0 Å². The molecule has 1 nitrogen and oxygen atoms in total. The number of nitrogens with one attached hydrogen (secondary N) is 1. The Morgan fingerprint density at radius 2 is 1.54 bits per heavy atom. The lowest BCUT2D eigenvalue weighted by Gasteiger charge is -2.17. The molecule has 0 aliphatic rings. The highest BCUT2D eigenvalue weighted by Gasteiger charge is 2.20. The molecule has 0 aliphatic heterocycles. The summed E-state index contributed by atoms with van der Waals surface area (Å²) in [6.45, 7) is 8.68. The van der Waals surface area contributed by atoms with Gasteiger partial charge in [-0.25, -0.2) is 0 Å². The smallest absolute Gasteiger partial charge is 0.101 e. The molecule has 0 aromatic heterocycles. The molecular weight excluding hydrogens is 174 g/mol. The van der Waals surface area contributed by atoms with Crippen molar-refractivity contribution in [2.45, 2.75) is 26.6 Å².